The maximum Gasteiger partial charge on any atom is 0.320 e. The molecule has 5 nitrogen and oxygen atoms in total. The summed E-state index contributed by atoms with van der Waals surface area (Å²) in [5.41, 5.74) is 0. The first-order valence-electron chi connectivity index (χ1n) is 7.53. The lowest BCUT2D eigenvalue weighted by Crippen LogP contribution is -2.49. The van der Waals surface area contributed by atoms with Gasteiger partial charge in [0.1, 0.15) is 6.04 Å². The number of hydrogen-bond acceptors (Lipinski definition) is 3. The van der Waals surface area contributed by atoms with Crippen LogP contribution in [0.4, 0.5) is 0 Å². The monoisotopic (exact) mass is 284 g/mol. The molecule has 0 radical (unpaired) electrons. The Hall–Kier alpha value is -1.10. The van der Waals surface area contributed by atoms with E-state index in [4.69, 9.17) is 5.11 Å². The zero-order valence-electron chi connectivity index (χ0n) is 13.1. The van der Waals surface area contributed by atoms with Crippen LogP contribution in [-0.2, 0) is 9.59 Å². The van der Waals surface area contributed by atoms with Gasteiger partial charge in [0, 0.05) is 13.1 Å². The molecule has 1 amide bonds. The molecule has 0 aromatic rings. The smallest absolute Gasteiger partial charge is 0.320 e. The number of carboxylic acids is 1. The van der Waals surface area contributed by atoms with Crippen molar-refractivity contribution in [3.05, 3.63) is 0 Å². The zero-order chi connectivity index (χ0) is 15.3. The Morgan fingerprint density at radius 3 is 2.25 bits per heavy atom. The molecule has 0 aromatic carbocycles. The van der Waals surface area contributed by atoms with Gasteiger partial charge in [-0.25, -0.2) is 0 Å². The highest BCUT2D eigenvalue weighted by Gasteiger charge is 2.26. The van der Waals surface area contributed by atoms with E-state index in [2.05, 4.69) is 19.2 Å². The van der Waals surface area contributed by atoms with Crippen LogP contribution in [0, 0.1) is 17.8 Å². The molecule has 1 rings (SSSR count). The van der Waals surface area contributed by atoms with Crippen molar-refractivity contribution in [1.29, 1.82) is 0 Å². The summed E-state index contributed by atoms with van der Waals surface area (Å²) in [5.74, 6) is 0.460. The van der Waals surface area contributed by atoms with E-state index in [-0.39, 0.29) is 18.4 Å². The molecular formula is C15H28N2O3. The Balaban J connectivity index is 2.46. The average molecular weight is 284 g/mol. The second-order valence-electron chi connectivity index (χ2n) is 6.65. The van der Waals surface area contributed by atoms with Crippen molar-refractivity contribution in [2.75, 3.05) is 19.6 Å². The highest BCUT2D eigenvalue weighted by Crippen LogP contribution is 2.20. The number of nitrogens with zero attached hydrogens (tertiary/aromatic N) is 1. The lowest BCUT2D eigenvalue weighted by Gasteiger charge is -2.35. The fourth-order valence-corrected chi connectivity index (χ4v) is 2.93. The van der Waals surface area contributed by atoms with Gasteiger partial charge in [0.2, 0.25) is 5.91 Å². The second kappa shape index (κ2) is 7.62. The van der Waals surface area contributed by atoms with Gasteiger partial charge in [-0.15, -0.1) is 0 Å². The summed E-state index contributed by atoms with van der Waals surface area (Å²) in [6.45, 7) is 9.95. The summed E-state index contributed by atoms with van der Waals surface area (Å²) in [4.78, 5) is 25.2. The lowest BCUT2D eigenvalue weighted by molar-refractivity contribution is -0.140. The number of nitrogens with one attached hydrogen (secondary N) is 1. The molecule has 2 N–H and O–H groups in total. The van der Waals surface area contributed by atoms with Crippen LogP contribution in [0.3, 0.4) is 0 Å². The quantitative estimate of drug-likeness (QED) is 0.777. The summed E-state index contributed by atoms with van der Waals surface area (Å²) in [7, 11) is 0. The van der Waals surface area contributed by atoms with E-state index in [1.165, 1.54) is 0 Å². The first-order chi connectivity index (χ1) is 9.29. The predicted molar refractivity (Wildman–Crippen MR) is 78.4 cm³/mol. The number of likely N-dealkylation sites (tertiary alicyclic amines) is 1. The molecule has 5 heteroatoms. The Morgan fingerprint density at radius 1 is 1.25 bits per heavy atom. The van der Waals surface area contributed by atoms with E-state index < -0.39 is 12.0 Å². The standard InChI is InChI=1S/C15H28N2O3/c1-10(2)5-13(15(19)20)16-7-14(18)17-8-11(3)6-12(4)9-17/h10-13,16H,5-9H2,1-4H3,(H,19,20). The number of carboxylic acid groups (broad SMARTS) is 1. The van der Waals surface area contributed by atoms with Crippen LogP contribution in [0.1, 0.15) is 40.5 Å². The van der Waals surface area contributed by atoms with Crippen molar-refractivity contribution >= 4 is 11.9 Å². The van der Waals surface area contributed by atoms with Gasteiger partial charge in [-0.2, -0.15) is 0 Å². The van der Waals surface area contributed by atoms with Crippen LogP contribution in [0.25, 0.3) is 0 Å². The van der Waals surface area contributed by atoms with Crippen LogP contribution in [0.5, 0.6) is 0 Å². The number of aliphatic carboxylic acids is 1. The molecule has 0 bridgehead atoms. The molecule has 1 heterocycles. The van der Waals surface area contributed by atoms with Gasteiger partial charge < -0.3 is 10.0 Å². The highest BCUT2D eigenvalue weighted by atomic mass is 16.4. The van der Waals surface area contributed by atoms with Crippen molar-refractivity contribution in [2.45, 2.75) is 46.6 Å². The van der Waals surface area contributed by atoms with E-state index in [1.54, 1.807) is 0 Å². The first-order valence-corrected chi connectivity index (χ1v) is 7.53. The maximum absolute atomic E-state index is 12.2. The van der Waals surface area contributed by atoms with Gasteiger partial charge in [-0.3, -0.25) is 14.9 Å². The van der Waals surface area contributed by atoms with Gasteiger partial charge in [-0.05, 0) is 30.6 Å². The molecule has 0 saturated carbocycles. The zero-order valence-corrected chi connectivity index (χ0v) is 13.1. The number of carbonyl (C=O) groups excluding carboxylic acids is 1. The van der Waals surface area contributed by atoms with Gasteiger partial charge in [0.15, 0.2) is 0 Å². The first kappa shape index (κ1) is 17.0. The summed E-state index contributed by atoms with van der Waals surface area (Å²) in [6, 6.07) is -0.640. The predicted octanol–water partition coefficient (Wildman–Crippen LogP) is 1.58. The topological polar surface area (TPSA) is 69.6 Å². The molecule has 20 heavy (non-hydrogen) atoms. The molecule has 1 saturated heterocycles. The van der Waals surface area contributed by atoms with Crippen LogP contribution in [0.2, 0.25) is 0 Å². The molecule has 1 aliphatic rings. The molecule has 3 atom stereocenters. The fourth-order valence-electron chi connectivity index (χ4n) is 2.93. The highest BCUT2D eigenvalue weighted by molar-refractivity contribution is 5.80. The van der Waals surface area contributed by atoms with Gasteiger partial charge >= 0.3 is 5.97 Å². The Bertz CT molecular complexity index is 334. The third-order valence-electron chi connectivity index (χ3n) is 3.73. The molecule has 1 fully saturated rings. The van der Waals surface area contributed by atoms with Crippen LogP contribution >= 0.6 is 0 Å². The molecule has 3 unspecified atom stereocenters. The van der Waals surface area contributed by atoms with E-state index in [0.29, 0.717) is 18.3 Å². The summed E-state index contributed by atoms with van der Waals surface area (Å²) in [5, 5.41) is 12.0. The van der Waals surface area contributed by atoms with Crippen molar-refractivity contribution in [3.63, 3.8) is 0 Å². The molecule has 0 aromatic heterocycles. The van der Waals surface area contributed by atoms with E-state index >= 15 is 0 Å². The Kier molecular flexibility index (Phi) is 6.46. The normalized spacial score (nSPS) is 24.8. The third kappa shape index (κ3) is 5.49. The lowest BCUT2D eigenvalue weighted by atomic mass is 9.92. The van der Waals surface area contributed by atoms with E-state index in [0.717, 1.165) is 19.5 Å². The maximum atomic E-state index is 12.2. The molecular weight excluding hydrogens is 256 g/mol. The number of hydrogen-bond donors (Lipinski definition) is 2. The Morgan fingerprint density at radius 2 is 1.80 bits per heavy atom. The molecule has 1 aliphatic heterocycles. The van der Waals surface area contributed by atoms with E-state index in [1.807, 2.05) is 18.7 Å². The summed E-state index contributed by atoms with van der Waals surface area (Å²) >= 11 is 0. The summed E-state index contributed by atoms with van der Waals surface area (Å²) < 4.78 is 0. The number of carbonyl (C=O) groups is 2. The van der Waals surface area contributed by atoms with Crippen LogP contribution < -0.4 is 5.32 Å². The van der Waals surface area contributed by atoms with Gasteiger partial charge in [0.25, 0.3) is 0 Å². The Labute approximate surface area is 121 Å². The third-order valence-corrected chi connectivity index (χ3v) is 3.73. The molecule has 0 spiro atoms. The minimum atomic E-state index is -0.883. The fraction of sp³-hybridized carbons (Fsp3) is 0.867. The van der Waals surface area contributed by atoms with E-state index in [9.17, 15) is 9.59 Å². The van der Waals surface area contributed by atoms with Crippen molar-refractivity contribution in [3.8, 4) is 0 Å². The number of amides is 1. The number of rotatable bonds is 6. The van der Waals surface area contributed by atoms with Crippen molar-refractivity contribution in [1.82, 2.24) is 10.2 Å². The number of piperidine rings is 1. The molecule has 0 aliphatic carbocycles. The van der Waals surface area contributed by atoms with Crippen LogP contribution in [0.15, 0.2) is 0 Å². The minimum Gasteiger partial charge on any atom is -0.480 e. The van der Waals surface area contributed by atoms with Crippen molar-refractivity contribution < 1.29 is 14.7 Å². The van der Waals surface area contributed by atoms with Crippen LogP contribution in [-0.4, -0.2) is 47.6 Å². The average Bonchev–Trinajstić information content (AvgIpc) is 2.32. The summed E-state index contributed by atoms with van der Waals surface area (Å²) in [6.07, 6.45) is 1.69. The minimum absolute atomic E-state index is 0.0124. The van der Waals surface area contributed by atoms with Gasteiger partial charge in [-0.1, -0.05) is 27.7 Å². The van der Waals surface area contributed by atoms with Gasteiger partial charge in [0.05, 0.1) is 6.54 Å². The van der Waals surface area contributed by atoms with Crippen molar-refractivity contribution in [2.24, 2.45) is 17.8 Å². The molecule has 116 valence electrons. The SMILES string of the molecule is CC(C)CC(NCC(=O)N1CC(C)CC(C)C1)C(=O)O. The largest absolute Gasteiger partial charge is 0.480 e. The second-order valence-corrected chi connectivity index (χ2v) is 6.65.